The van der Waals surface area contributed by atoms with Crippen LogP contribution in [0, 0.1) is 0 Å². The number of pyridine rings is 1. The average molecular weight is 425 g/mol. The van der Waals surface area contributed by atoms with Crippen LogP contribution in [0.15, 0.2) is 62.5 Å². The highest BCUT2D eigenvalue weighted by molar-refractivity contribution is 9.10. The van der Waals surface area contributed by atoms with Gasteiger partial charge >= 0.3 is 5.97 Å². The fraction of sp³-hybridized carbons (Fsp3) is 0.235. The fourth-order valence-electron chi connectivity index (χ4n) is 2.14. The maximum atomic E-state index is 13.3. The zero-order valence-corrected chi connectivity index (χ0v) is 15.7. The molecule has 1 aromatic heterocycles. The Labute approximate surface area is 154 Å². The summed E-state index contributed by atoms with van der Waals surface area (Å²) in [5.74, 6) is -1.39. The molecular weight excluding hydrogens is 408 g/mol. The minimum atomic E-state index is -2.99. The van der Waals surface area contributed by atoms with Crippen molar-refractivity contribution in [3.63, 3.8) is 0 Å². The number of carbonyl (C=O) groups excluding carboxylic acids is 1. The molecule has 0 bridgehead atoms. The molecule has 0 aliphatic heterocycles. The molecule has 1 heterocycles. The van der Waals surface area contributed by atoms with Gasteiger partial charge in [-0.2, -0.15) is 4.36 Å². The molecule has 0 fully saturated rings. The summed E-state index contributed by atoms with van der Waals surface area (Å²) in [6, 6.07) is 10.1. The van der Waals surface area contributed by atoms with E-state index in [-0.39, 0.29) is 17.7 Å². The molecule has 1 amide bonds. The van der Waals surface area contributed by atoms with Crippen molar-refractivity contribution < 1.29 is 18.9 Å². The van der Waals surface area contributed by atoms with Crippen LogP contribution < -0.4 is 0 Å². The summed E-state index contributed by atoms with van der Waals surface area (Å²) in [6.45, 7) is 0. The summed E-state index contributed by atoms with van der Waals surface area (Å²) in [7, 11) is -2.99. The van der Waals surface area contributed by atoms with E-state index in [0.717, 1.165) is 0 Å². The summed E-state index contributed by atoms with van der Waals surface area (Å²) in [4.78, 5) is 27.4. The van der Waals surface area contributed by atoms with Crippen LogP contribution in [0.25, 0.3) is 0 Å². The molecular formula is C17H17BrN2O4S. The number of rotatable bonds is 7. The van der Waals surface area contributed by atoms with Gasteiger partial charge in [-0.05, 0) is 47.0 Å². The zero-order valence-electron chi connectivity index (χ0n) is 13.3. The highest BCUT2D eigenvalue weighted by Gasteiger charge is 2.16. The van der Waals surface area contributed by atoms with Gasteiger partial charge in [-0.15, -0.1) is 0 Å². The first kappa shape index (κ1) is 19.3. The first-order valence-electron chi connectivity index (χ1n) is 7.57. The molecule has 0 saturated heterocycles. The van der Waals surface area contributed by atoms with Crippen molar-refractivity contribution in [2.24, 2.45) is 4.36 Å². The van der Waals surface area contributed by atoms with Crippen LogP contribution in [0.2, 0.25) is 0 Å². The van der Waals surface area contributed by atoms with Gasteiger partial charge in [0, 0.05) is 33.9 Å². The molecule has 2 rings (SSSR count). The van der Waals surface area contributed by atoms with Crippen LogP contribution in [0.1, 0.15) is 29.6 Å². The molecule has 1 N–H and O–H groups in total. The van der Waals surface area contributed by atoms with E-state index in [1.54, 1.807) is 36.4 Å². The third-order valence-electron chi connectivity index (χ3n) is 3.36. The van der Waals surface area contributed by atoms with Crippen LogP contribution >= 0.6 is 15.9 Å². The van der Waals surface area contributed by atoms with E-state index in [1.165, 1.54) is 12.4 Å². The standard InChI is InChI=1S/C17H17BrN2O4S/c18-14-10-13(11-19-12-14)17(23)20-25(24,9-5-4-8-16(21)22)15-6-2-1-3-7-15/h1-3,6-7,10-12H,4-5,8-9H2,(H,21,22). The fourth-order valence-corrected chi connectivity index (χ4v) is 4.49. The minimum absolute atomic E-state index is 0.00614. The molecule has 1 unspecified atom stereocenters. The molecule has 2 aromatic rings. The topological polar surface area (TPSA) is 96.7 Å². The number of hydrogen-bond donors (Lipinski definition) is 1. The highest BCUT2D eigenvalue weighted by atomic mass is 79.9. The molecule has 6 nitrogen and oxygen atoms in total. The van der Waals surface area contributed by atoms with Crippen molar-refractivity contribution >= 4 is 37.5 Å². The normalized spacial score (nSPS) is 13.0. The molecule has 0 radical (unpaired) electrons. The molecule has 0 spiro atoms. The minimum Gasteiger partial charge on any atom is -0.481 e. The van der Waals surface area contributed by atoms with E-state index in [0.29, 0.717) is 22.2 Å². The maximum absolute atomic E-state index is 13.3. The predicted octanol–water partition coefficient (Wildman–Crippen LogP) is 3.77. The lowest BCUT2D eigenvalue weighted by Gasteiger charge is -2.10. The van der Waals surface area contributed by atoms with E-state index in [9.17, 15) is 13.8 Å². The third kappa shape index (κ3) is 5.75. The van der Waals surface area contributed by atoms with Crippen LogP contribution in [-0.4, -0.2) is 31.9 Å². The predicted molar refractivity (Wildman–Crippen MR) is 97.9 cm³/mol. The van der Waals surface area contributed by atoms with Crippen LogP contribution in [0.5, 0.6) is 0 Å². The van der Waals surface area contributed by atoms with Gasteiger partial charge in [-0.25, -0.2) is 4.21 Å². The van der Waals surface area contributed by atoms with Gasteiger partial charge in [0.1, 0.15) is 0 Å². The summed E-state index contributed by atoms with van der Waals surface area (Å²) in [5.41, 5.74) is 0.239. The molecule has 25 heavy (non-hydrogen) atoms. The largest absolute Gasteiger partial charge is 0.481 e. The first-order chi connectivity index (χ1) is 11.9. The monoisotopic (exact) mass is 424 g/mol. The molecule has 0 aliphatic rings. The number of aliphatic carboxylic acids is 1. The lowest BCUT2D eigenvalue weighted by Crippen LogP contribution is -2.11. The van der Waals surface area contributed by atoms with Crippen molar-refractivity contribution in [3.8, 4) is 0 Å². The zero-order chi connectivity index (χ0) is 18.3. The average Bonchev–Trinajstić information content (AvgIpc) is 2.59. The SMILES string of the molecule is O=C(O)CCCCS(=O)(=NC(=O)c1cncc(Br)c1)c1ccccc1. The van der Waals surface area contributed by atoms with Gasteiger partial charge in [0.15, 0.2) is 0 Å². The van der Waals surface area contributed by atoms with Crippen molar-refractivity contribution in [2.75, 3.05) is 5.75 Å². The second kappa shape index (κ2) is 8.87. The van der Waals surface area contributed by atoms with Gasteiger partial charge in [-0.1, -0.05) is 18.2 Å². The number of hydrogen-bond acceptors (Lipinski definition) is 4. The lowest BCUT2D eigenvalue weighted by molar-refractivity contribution is -0.137. The van der Waals surface area contributed by atoms with E-state index in [1.807, 2.05) is 0 Å². The number of aromatic nitrogens is 1. The molecule has 1 aromatic carbocycles. The van der Waals surface area contributed by atoms with Crippen molar-refractivity contribution in [1.82, 2.24) is 4.98 Å². The highest BCUT2D eigenvalue weighted by Crippen LogP contribution is 2.18. The Kier molecular flexibility index (Phi) is 6.83. The number of halogens is 1. The van der Waals surface area contributed by atoms with Crippen molar-refractivity contribution in [1.29, 1.82) is 0 Å². The molecule has 132 valence electrons. The molecule has 0 aliphatic carbocycles. The Morgan fingerprint density at radius 2 is 1.88 bits per heavy atom. The summed E-state index contributed by atoms with van der Waals surface area (Å²) < 4.78 is 17.9. The van der Waals surface area contributed by atoms with Gasteiger partial charge in [-0.3, -0.25) is 14.6 Å². The number of carbonyl (C=O) groups is 2. The molecule has 1 atom stereocenters. The first-order valence-corrected chi connectivity index (χ1v) is 10.0. The van der Waals surface area contributed by atoms with E-state index in [4.69, 9.17) is 5.11 Å². The summed E-state index contributed by atoms with van der Waals surface area (Å²) in [5, 5.41) is 8.72. The molecule has 0 saturated carbocycles. The third-order valence-corrected chi connectivity index (χ3v) is 6.10. The Morgan fingerprint density at radius 1 is 1.16 bits per heavy atom. The quantitative estimate of drug-likeness (QED) is 0.682. The number of benzene rings is 1. The number of unbranched alkanes of at least 4 members (excludes halogenated alkanes) is 1. The Morgan fingerprint density at radius 3 is 2.52 bits per heavy atom. The number of amides is 1. The summed E-state index contributed by atoms with van der Waals surface area (Å²) >= 11 is 3.24. The van der Waals surface area contributed by atoms with E-state index < -0.39 is 21.6 Å². The van der Waals surface area contributed by atoms with Gasteiger partial charge in [0.05, 0.1) is 15.3 Å². The number of nitrogens with zero attached hydrogens (tertiary/aromatic N) is 2. The Bertz CT molecular complexity index is 877. The number of carboxylic acids is 1. The van der Waals surface area contributed by atoms with E-state index >= 15 is 0 Å². The van der Waals surface area contributed by atoms with Gasteiger partial charge in [0.25, 0.3) is 5.91 Å². The van der Waals surface area contributed by atoms with Crippen molar-refractivity contribution in [3.05, 3.63) is 58.8 Å². The second-order valence-electron chi connectivity index (χ2n) is 5.30. The van der Waals surface area contributed by atoms with Crippen LogP contribution in [0.3, 0.4) is 0 Å². The maximum Gasteiger partial charge on any atom is 0.303 e. The molecule has 8 heteroatoms. The van der Waals surface area contributed by atoms with Gasteiger partial charge in [0.2, 0.25) is 0 Å². The van der Waals surface area contributed by atoms with E-state index in [2.05, 4.69) is 25.3 Å². The summed E-state index contributed by atoms with van der Waals surface area (Å²) in [6.07, 6.45) is 3.67. The van der Waals surface area contributed by atoms with Crippen LogP contribution in [0.4, 0.5) is 0 Å². The van der Waals surface area contributed by atoms with Gasteiger partial charge < -0.3 is 5.11 Å². The number of carboxylic acid groups (broad SMARTS) is 1. The Balaban J connectivity index is 2.32. The second-order valence-corrected chi connectivity index (χ2v) is 8.56. The smallest absolute Gasteiger partial charge is 0.303 e. The lowest BCUT2D eigenvalue weighted by atomic mass is 10.2. The van der Waals surface area contributed by atoms with Crippen molar-refractivity contribution in [2.45, 2.75) is 24.2 Å². The van der Waals surface area contributed by atoms with Crippen LogP contribution in [-0.2, 0) is 14.5 Å². The Hall–Kier alpha value is -2.06.